The van der Waals surface area contributed by atoms with Gasteiger partial charge in [-0.05, 0) is 12.0 Å². The van der Waals surface area contributed by atoms with Crippen LogP contribution >= 0.6 is 11.6 Å². The molecule has 0 radical (unpaired) electrons. The van der Waals surface area contributed by atoms with Crippen LogP contribution in [0, 0.1) is 0 Å². The molecule has 0 amide bonds. The van der Waals surface area contributed by atoms with Crippen LogP contribution in [-0.4, -0.2) is 11.1 Å². The summed E-state index contributed by atoms with van der Waals surface area (Å²) in [6.45, 7) is 2.02. The molecule has 1 unspecified atom stereocenters. The molecule has 0 saturated heterocycles. The van der Waals surface area contributed by atoms with E-state index in [9.17, 15) is 9.90 Å². The molecule has 15 heavy (non-hydrogen) atoms. The Balaban J connectivity index is 2.96. The highest BCUT2D eigenvalue weighted by Gasteiger charge is 2.37. The third kappa shape index (κ3) is 2.72. The second kappa shape index (κ2) is 5.17. The van der Waals surface area contributed by atoms with Gasteiger partial charge in [-0.3, -0.25) is 0 Å². The van der Waals surface area contributed by atoms with Gasteiger partial charge in [0.2, 0.25) is 0 Å². The highest BCUT2D eigenvalue weighted by Crippen LogP contribution is 2.34. The van der Waals surface area contributed by atoms with Crippen LogP contribution in [0.25, 0.3) is 0 Å². The van der Waals surface area contributed by atoms with Gasteiger partial charge in [-0.15, -0.1) is 11.6 Å². The van der Waals surface area contributed by atoms with Gasteiger partial charge in [0, 0.05) is 0 Å². The van der Waals surface area contributed by atoms with Gasteiger partial charge in [0.25, 0.3) is 0 Å². The van der Waals surface area contributed by atoms with Crippen molar-refractivity contribution < 1.29 is 9.90 Å². The van der Waals surface area contributed by atoms with E-state index in [0.29, 0.717) is 12.0 Å². The zero-order valence-electron chi connectivity index (χ0n) is 8.74. The fraction of sp³-hybridized carbons (Fsp3) is 0.417. The Morgan fingerprint density at radius 2 is 2.00 bits per heavy atom. The summed E-state index contributed by atoms with van der Waals surface area (Å²) >= 11 is 6.18. The number of carboxylic acids is 1. The molecule has 0 bridgehead atoms. The van der Waals surface area contributed by atoms with Crippen LogP contribution in [0.15, 0.2) is 30.3 Å². The minimum absolute atomic E-state index is 0.463. The van der Waals surface area contributed by atoms with Crippen molar-refractivity contribution in [3.05, 3.63) is 35.9 Å². The topological polar surface area (TPSA) is 37.3 Å². The van der Waals surface area contributed by atoms with Crippen molar-refractivity contribution in [1.82, 2.24) is 0 Å². The first kappa shape index (κ1) is 12.1. The summed E-state index contributed by atoms with van der Waals surface area (Å²) in [4.78, 5) is 9.93. The van der Waals surface area contributed by atoms with Gasteiger partial charge in [-0.1, -0.05) is 50.1 Å². The number of benzene rings is 1. The van der Waals surface area contributed by atoms with Crippen LogP contribution in [0.3, 0.4) is 0 Å². The number of carbonyl (C=O) groups is 1. The van der Waals surface area contributed by atoms with Crippen LogP contribution in [-0.2, 0) is 9.67 Å². The first-order valence-corrected chi connectivity index (χ1v) is 5.47. The zero-order valence-corrected chi connectivity index (χ0v) is 9.50. The highest BCUT2D eigenvalue weighted by atomic mass is 35.5. The first-order chi connectivity index (χ1) is 7.11. The zero-order chi connectivity index (χ0) is 11.3. The molecule has 0 aliphatic rings. The monoisotopic (exact) mass is 226 g/mol. The minimum atomic E-state index is -1.27. The molecular formula is C12H15ClO2. The number of rotatable bonds is 5. The molecule has 0 fully saturated rings. The molecule has 1 N–H and O–H groups in total. The van der Waals surface area contributed by atoms with Crippen LogP contribution in [0.4, 0.5) is 0 Å². The molecule has 82 valence electrons. The molecular weight excluding hydrogens is 212 g/mol. The fourth-order valence-electron chi connectivity index (χ4n) is 1.50. The average molecular weight is 227 g/mol. The number of aliphatic carboxylic acids is 1. The van der Waals surface area contributed by atoms with Crippen LogP contribution < -0.4 is 0 Å². The van der Waals surface area contributed by atoms with Crippen molar-refractivity contribution in [2.24, 2.45) is 0 Å². The Hall–Kier alpha value is -1.02. The molecule has 0 aliphatic heterocycles. The second-order valence-electron chi connectivity index (χ2n) is 3.58. The number of hydrogen-bond acceptors (Lipinski definition) is 1. The van der Waals surface area contributed by atoms with Crippen molar-refractivity contribution in [2.75, 3.05) is 0 Å². The van der Waals surface area contributed by atoms with E-state index in [1.54, 1.807) is 24.3 Å². The van der Waals surface area contributed by atoms with E-state index in [0.717, 1.165) is 12.8 Å². The van der Waals surface area contributed by atoms with E-state index >= 15 is 0 Å². The van der Waals surface area contributed by atoms with Gasteiger partial charge in [-0.25, -0.2) is 4.79 Å². The molecule has 1 rings (SSSR count). The first-order valence-electron chi connectivity index (χ1n) is 5.09. The van der Waals surface area contributed by atoms with E-state index in [4.69, 9.17) is 11.6 Å². The predicted molar refractivity (Wildman–Crippen MR) is 61.1 cm³/mol. The van der Waals surface area contributed by atoms with Gasteiger partial charge in [0.1, 0.15) is 0 Å². The molecule has 1 aromatic rings. The quantitative estimate of drug-likeness (QED) is 0.782. The smallest absolute Gasteiger partial charge is 0.329 e. The lowest BCUT2D eigenvalue weighted by molar-refractivity contribution is -0.140. The maximum atomic E-state index is 11.2. The van der Waals surface area contributed by atoms with Gasteiger partial charge in [0.05, 0.1) is 0 Å². The number of hydrogen-bond donors (Lipinski definition) is 1. The van der Waals surface area contributed by atoms with E-state index < -0.39 is 10.8 Å². The minimum Gasteiger partial charge on any atom is -0.480 e. The molecule has 1 aromatic carbocycles. The number of halogens is 1. The normalized spacial score (nSPS) is 14.5. The summed E-state index contributed by atoms with van der Waals surface area (Å²) in [5, 5.41) is 9.18. The Morgan fingerprint density at radius 3 is 2.47 bits per heavy atom. The Labute approximate surface area is 94.9 Å². The summed E-state index contributed by atoms with van der Waals surface area (Å²) in [5.74, 6) is -0.969. The molecule has 1 atom stereocenters. The molecule has 3 heteroatoms. The van der Waals surface area contributed by atoms with Crippen molar-refractivity contribution in [2.45, 2.75) is 31.1 Å². The molecule has 0 aromatic heterocycles. The summed E-state index contributed by atoms with van der Waals surface area (Å²) in [6.07, 6.45) is 2.21. The van der Waals surface area contributed by atoms with E-state index in [2.05, 4.69) is 0 Å². The maximum absolute atomic E-state index is 11.2. The van der Waals surface area contributed by atoms with Crippen LogP contribution in [0.5, 0.6) is 0 Å². The molecule has 0 heterocycles. The predicted octanol–water partition coefficient (Wildman–Crippen LogP) is 3.40. The SMILES string of the molecule is CCCCC(Cl)(C(=O)O)c1ccccc1. The van der Waals surface area contributed by atoms with Crippen molar-refractivity contribution in [1.29, 1.82) is 0 Å². The lowest BCUT2D eigenvalue weighted by atomic mass is 9.93. The third-order valence-corrected chi connectivity index (χ3v) is 3.01. The Morgan fingerprint density at radius 1 is 1.40 bits per heavy atom. The maximum Gasteiger partial charge on any atom is 0.329 e. The standard InChI is InChI=1S/C12H15ClO2/c1-2-3-9-12(13,11(14)15)10-7-5-4-6-8-10/h4-8H,2-3,9H2,1H3,(H,14,15). The Bertz CT molecular complexity index is 324. The molecule has 2 nitrogen and oxygen atoms in total. The van der Waals surface area contributed by atoms with Gasteiger partial charge >= 0.3 is 5.97 Å². The van der Waals surface area contributed by atoms with Crippen LogP contribution in [0.2, 0.25) is 0 Å². The second-order valence-corrected chi connectivity index (χ2v) is 4.22. The van der Waals surface area contributed by atoms with Gasteiger partial charge in [-0.2, -0.15) is 0 Å². The summed E-state index contributed by atoms with van der Waals surface area (Å²) in [6, 6.07) is 8.98. The number of alkyl halides is 1. The Kier molecular flexibility index (Phi) is 4.15. The lowest BCUT2D eigenvalue weighted by Crippen LogP contribution is -2.29. The number of unbranched alkanes of at least 4 members (excludes halogenated alkanes) is 1. The van der Waals surface area contributed by atoms with Crippen molar-refractivity contribution in [3.8, 4) is 0 Å². The van der Waals surface area contributed by atoms with E-state index in [1.165, 1.54) is 0 Å². The van der Waals surface area contributed by atoms with Crippen molar-refractivity contribution >= 4 is 17.6 Å². The summed E-state index contributed by atoms with van der Waals surface area (Å²) < 4.78 is 0. The summed E-state index contributed by atoms with van der Waals surface area (Å²) in [7, 11) is 0. The van der Waals surface area contributed by atoms with Gasteiger partial charge in [0.15, 0.2) is 4.87 Å². The molecule has 0 aliphatic carbocycles. The fourth-order valence-corrected chi connectivity index (χ4v) is 1.76. The molecule has 0 saturated carbocycles. The average Bonchev–Trinajstić information content (AvgIpc) is 2.27. The summed E-state index contributed by atoms with van der Waals surface area (Å²) in [5.41, 5.74) is 0.660. The highest BCUT2D eigenvalue weighted by molar-refractivity contribution is 6.33. The van der Waals surface area contributed by atoms with Crippen LogP contribution in [0.1, 0.15) is 31.7 Å². The van der Waals surface area contributed by atoms with E-state index in [-0.39, 0.29) is 0 Å². The third-order valence-electron chi connectivity index (χ3n) is 2.45. The lowest BCUT2D eigenvalue weighted by Gasteiger charge is -2.22. The number of carboxylic acid groups (broad SMARTS) is 1. The van der Waals surface area contributed by atoms with Gasteiger partial charge < -0.3 is 5.11 Å². The largest absolute Gasteiger partial charge is 0.480 e. The van der Waals surface area contributed by atoms with Crippen molar-refractivity contribution in [3.63, 3.8) is 0 Å². The van der Waals surface area contributed by atoms with E-state index in [1.807, 2.05) is 13.0 Å². The molecule has 0 spiro atoms.